The summed E-state index contributed by atoms with van der Waals surface area (Å²) in [6.45, 7) is 9.41. The maximum Gasteiger partial charge on any atom is 0.228 e. The van der Waals surface area contributed by atoms with Gasteiger partial charge in [-0.1, -0.05) is 36.7 Å². The van der Waals surface area contributed by atoms with E-state index in [1.54, 1.807) is 0 Å². The Hall–Kier alpha value is -1.62. The Bertz CT molecular complexity index is 754. The molecule has 24 heavy (non-hydrogen) atoms. The largest absolute Gasteiger partial charge is 0.369 e. The summed E-state index contributed by atoms with van der Waals surface area (Å²) in [6, 6.07) is 8.30. The number of carbonyl (C=O) groups excluding carboxylic acids is 1. The van der Waals surface area contributed by atoms with E-state index in [9.17, 15) is 4.79 Å². The average Bonchev–Trinajstić information content (AvgIpc) is 2.78. The number of benzene rings is 1. The van der Waals surface area contributed by atoms with Crippen molar-refractivity contribution in [3.05, 3.63) is 34.9 Å². The summed E-state index contributed by atoms with van der Waals surface area (Å²) >= 11 is 3.51. The molecule has 1 aromatic heterocycles. The van der Waals surface area contributed by atoms with Crippen LogP contribution in [-0.2, 0) is 4.79 Å². The number of hydrogen-bond acceptors (Lipinski definition) is 3. The molecule has 128 valence electrons. The van der Waals surface area contributed by atoms with Gasteiger partial charge in [0, 0.05) is 53.3 Å². The Balaban J connectivity index is 1.83. The second-order valence-corrected chi connectivity index (χ2v) is 8.29. The van der Waals surface area contributed by atoms with Crippen LogP contribution in [0.2, 0.25) is 0 Å². The first kappa shape index (κ1) is 17.2. The van der Waals surface area contributed by atoms with Crippen LogP contribution in [0.5, 0.6) is 0 Å². The fraction of sp³-hybridized carbons (Fsp3) is 0.474. The molecule has 1 aromatic carbocycles. The SMILES string of the molecule is CC(C)(C)C(=O)N1CCCN(c2ccnc3cc(Br)ccc23)CC1. The smallest absolute Gasteiger partial charge is 0.228 e. The number of hydrogen-bond donors (Lipinski definition) is 0. The molecule has 0 bridgehead atoms. The van der Waals surface area contributed by atoms with Crippen LogP contribution in [0.4, 0.5) is 5.69 Å². The maximum absolute atomic E-state index is 12.6. The summed E-state index contributed by atoms with van der Waals surface area (Å²) in [5.74, 6) is 0.243. The van der Waals surface area contributed by atoms with Crippen LogP contribution in [0, 0.1) is 5.41 Å². The highest BCUT2D eigenvalue weighted by Gasteiger charge is 2.28. The van der Waals surface area contributed by atoms with E-state index in [4.69, 9.17) is 0 Å². The van der Waals surface area contributed by atoms with E-state index in [0.717, 1.165) is 48.0 Å². The summed E-state index contributed by atoms with van der Waals surface area (Å²) in [5.41, 5.74) is 1.89. The molecule has 0 spiro atoms. The minimum Gasteiger partial charge on any atom is -0.369 e. The van der Waals surface area contributed by atoms with Gasteiger partial charge in [-0.05, 0) is 30.7 Å². The van der Waals surface area contributed by atoms with Crippen LogP contribution in [-0.4, -0.2) is 42.0 Å². The molecule has 2 heterocycles. The fourth-order valence-electron chi connectivity index (χ4n) is 3.22. The van der Waals surface area contributed by atoms with Gasteiger partial charge in [-0.15, -0.1) is 0 Å². The van der Waals surface area contributed by atoms with Crippen molar-refractivity contribution in [1.29, 1.82) is 0 Å². The van der Waals surface area contributed by atoms with Crippen LogP contribution in [0.1, 0.15) is 27.2 Å². The van der Waals surface area contributed by atoms with Crippen molar-refractivity contribution in [2.45, 2.75) is 27.2 Å². The van der Waals surface area contributed by atoms with Gasteiger partial charge in [0.05, 0.1) is 5.52 Å². The first-order chi connectivity index (χ1) is 11.4. The van der Waals surface area contributed by atoms with E-state index in [0.29, 0.717) is 0 Å². The van der Waals surface area contributed by atoms with Gasteiger partial charge >= 0.3 is 0 Å². The third kappa shape index (κ3) is 3.56. The van der Waals surface area contributed by atoms with E-state index < -0.39 is 0 Å². The van der Waals surface area contributed by atoms with Crippen LogP contribution >= 0.6 is 15.9 Å². The molecule has 2 aromatic rings. The van der Waals surface area contributed by atoms with E-state index in [-0.39, 0.29) is 11.3 Å². The lowest BCUT2D eigenvalue weighted by Gasteiger charge is -2.29. The number of nitrogens with zero attached hydrogens (tertiary/aromatic N) is 3. The number of carbonyl (C=O) groups is 1. The van der Waals surface area contributed by atoms with E-state index >= 15 is 0 Å². The Morgan fingerprint density at radius 3 is 2.67 bits per heavy atom. The zero-order valence-electron chi connectivity index (χ0n) is 14.6. The summed E-state index contributed by atoms with van der Waals surface area (Å²) in [6.07, 6.45) is 2.86. The van der Waals surface area contributed by atoms with Crippen molar-refractivity contribution < 1.29 is 4.79 Å². The van der Waals surface area contributed by atoms with E-state index in [1.165, 1.54) is 5.69 Å². The predicted molar refractivity (Wildman–Crippen MR) is 102 cm³/mol. The number of rotatable bonds is 1. The zero-order valence-corrected chi connectivity index (χ0v) is 16.1. The first-order valence-electron chi connectivity index (χ1n) is 8.45. The Morgan fingerprint density at radius 2 is 1.92 bits per heavy atom. The maximum atomic E-state index is 12.6. The molecular formula is C19H24BrN3O. The lowest BCUT2D eigenvalue weighted by molar-refractivity contribution is -0.139. The molecule has 0 saturated carbocycles. The lowest BCUT2D eigenvalue weighted by atomic mass is 9.94. The number of fused-ring (bicyclic) bond motifs is 1. The second-order valence-electron chi connectivity index (χ2n) is 7.37. The van der Waals surface area contributed by atoms with Crippen molar-refractivity contribution in [3.8, 4) is 0 Å². The summed E-state index contributed by atoms with van der Waals surface area (Å²) in [5, 5.41) is 1.16. The second kappa shape index (κ2) is 6.71. The lowest BCUT2D eigenvalue weighted by Crippen LogP contribution is -2.41. The Kier molecular flexibility index (Phi) is 4.81. The Labute approximate surface area is 152 Å². The normalized spacial score (nSPS) is 16.3. The van der Waals surface area contributed by atoms with Gasteiger partial charge in [-0.25, -0.2) is 0 Å². The number of halogens is 1. The molecule has 4 nitrogen and oxygen atoms in total. The number of aromatic nitrogens is 1. The number of pyridine rings is 1. The summed E-state index contributed by atoms with van der Waals surface area (Å²) < 4.78 is 1.04. The molecule has 0 N–H and O–H groups in total. The van der Waals surface area contributed by atoms with E-state index in [1.807, 2.05) is 37.9 Å². The van der Waals surface area contributed by atoms with Crippen molar-refractivity contribution in [1.82, 2.24) is 9.88 Å². The quantitative estimate of drug-likeness (QED) is 0.736. The molecule has 0 atom stereocenters. The molecule has 1 aliphatic rings. The van der Waals surface area contributed by atoms with Gasteiger partial charge < -0.3 is 9.80 Å². The minimum atomic E-state index is -0.315. The number of amides is 1. The topological polar surface area (TPSA) is 36.4 Å². The molecule has 1 amide bonds. The molecule has 1 fully saturated rings. The first-order valence-corrected chi connectivity index (χ1v) is 9.24. The molecule has 0 radical (unpaired) electrons. The molecular weight excluding hydrogens is 366 g/mol. The number of anilines is 1. The van der Waals surface area contributed by atoms with Crippen molar-refractivity contribution in [2.75, 3.05) is 31.1 Å². The highest BCUT2D eigenvalue weighted by molar-refractivity contribution is 9.10. The summed E-state index contributed by atoms with van der Waals surface area (Å²) in [7, 11) is 0. The van der Waals surface area contributed by atoms with Gasteiger partial charge in [0.2, 0.25) is 5.91 Å². The van der Waals surface area contributed by atoms with Gasteiger partial charge in [0.15, 0.2) is 0 Å². The van der Waals surface area contributed by atoms with Crippen molar-refractivity contribution >= 4 is 38.4 Å². The highest BCUT2D eigenvalue weighted by Crippen LogP contribution is 2.28. The third-order valence-electron chi connectivity index (χ3n) is 4.45. The van der Waals surface area contributed by atoms with Crippen LogP contribution in [0.15, 0.2) is 34.9 Å². The molecule has 1 aliphatic heterocycles. The van der Waals surface area contributed by atoms with Gasteiger partial charge in [-0.2, -0.15) is 0 Å². The average molecular weight is 390 g/mol. The van der Waals surface area contributed by atoms with Crippen molar-refractivity contribution in [3.63, 3.8) is 0 Å². The zero-order chi connectivity index (χ0) is 17.3. The van der Waals surface area contributed by atoms with Crippen LogP contribution in [0.3, 0.4) is 0 Å². The van der Waals surface area contributed by atoms with Crippen molar-refractivity contribution in [2.24, 2.45) is 5.41 Å². The molecule has 3 rings (SSSR count). The molecule has 0 unspecified atom stereocenters. The molecule has 0 aliphatic carbocycles. The molecule has 5 heteroatoms. The van der Waals surface area contributed by atoms with Gasteiger partial charge in [-0.3, -0.25) is 9.78 Å². The van der Waals surface area contributed by atoms with Gasteiger partial charge in [0.1, 0.15) is 0 Å². The van der Waals surface area contributed by atoms with E-state index in [2.05, 4.69) is 44.0 Å². The van der Waals surface area contributed by atoms with Crippen LogP contribution in [0.25, 0.3) is 10.9 Å². The predicted octanol–water partition coefficient (Wildman–Crippen LogP) is 4.08. The highest BCUT2D eigenvalue weighted by atomic mass is 79.9. The monoisotopic (exact) mass is 389 g/mol. The fourth-order valence-corrected chi connectivity index (χ4v) is 3.57. The third-order valence-corrected chi connectivity index (χ3v) is 4.94. The van der Waals surface area contributed by atoms with Crippen LogP contribution < -0.4 is 4.90 Å². The summed E-state index contributed by atoms with van der Waals surface area (Å²) in [4.78, 5) is 21.4. The standard InChI is InChI=1S/C19H24BrN3O/c1-19(2,3)18(24)23-10-4-9-22(11-12-23)17-7-8-21-16-13-14(20)5-6-15(16)17/h5-8,13H,4,9-12H2,1-3H3. The molecule has 1 saturated heterocycles. The Morgan fingerprint density at radius 1 is 1.12 bits per heavy atom. The van der Waals surface area contributed by atoms with Gasteiger partial charge in [0.25, 0.3) is 0 Å². The minimum absolute atomic E-state index is 0.243.